The molecule has 0 aliphatic carbocycles. The van der Waals surface area contributed by atoms with Crippen molar-refractivity contribution in [2.75, 3.05) is 11.9 Å². The van der Waals surface area contributed by atoms with Gasteiger partial charge in [0.25, 0.3) is 0 Å². The Labute approximate surface area is 131 Å². The van der Waals surface area contributed by atoms with Crippen molar-refractivity contribution in [2.24, 2.45) is 0 Å². The zero-order valence-electron chi connectivity index (χ0n) is 10.9. The van der Waals surface area contributed by atoms with E-state index in [0.29, 0.717) is 29.5 Å². The Balaban J connectivity index is 2.05. The van der Waals surface area contributed by atoms with Crippen molar-refractivity contribution in [3.63, 3.8) is 0 Å². The number of hydrogen-bond acceptors (Lipinski definition) is 2. The highest BCUT2D eigenvalue weighted by Gasteiger charge is 2.05. The Morgan fingerprint density at radius 1 is 1.25 bits per heavy atom. The van der Waals surface area contributed by atoms with Crippen LogP contribution in [0.15, 0.2) is 40.9 Å². The van der Waals surface area contributed by atoms with Gasteiger partial charge in [0.2, 0.25) is 0 Å². The first-order valence-corrected chi connectivity index (χ1v) is 7.37. The highest BCUT2D eigenvalue weighted by Crippen LogP contribution is 2.28. The first kappa shape index (κ1) is 15.1. The van der Waals surface area contributed by atoms with Crippen molar-refractivity contribution in [1.29, 1.82) is 0 Å². The first-order valence-electron chi connectivity index (χ1n) is 6.20. The summed E-state index contributed by atoms with van der Waals surface area (Å²) in [5, 5.41) is 3.67. The Bertz CT molecular complexity index is 606. The number of anilines is 1. The van der Waals surface area contributed by atoms with E-state index in [1.54, 1.807) is 18.2 Å². The Kier molecular flexibility index (Phi) is 5.26. The smallest absolute Gasteiger partial charge is 0.138 e. The second-order valence-corrected chi connectivity index (χ2v) is 5.49. The van der Waals surface area contributed by atoms with E-state index in [0.717, 1.165) is 10.2 Å². The van der Waals surface area contributed by atoms with Crippen molar-refractivity contribution < 1.29 is 9.13 Å². The first-order chi connectivity index (χ1) is 9.60. The maximum atomic E-state index is 13.7. The summed E-state index contributed by atoms with van der Waals surface area (Å²) in [5.74, 6) is 0.401. The van der Waals surface area contributed by atoms with E-state index < -0.39 is 0 Å². The van der Waals surface area contributed by atoms with Crippen LogP contribution in [0, 0.1) is 5.82 Å². The number of rotatable bonds is 5. The molecular formula is C15H14BrClFNO. The molecule has 0 spiro atoms. The molecule has 0 unspecified atom stereocenters. The molecule has 0 atom stereocenters. The highest BCUT2D eigenvalue weighted by molar-refractivity contribution is 9.10. The van der Waals surface area contributed by atoms with Gasteiger partial charge in [-0.2, -0.15) is 0 Å². The lowest BCUT2D eigenvalue weighted by Gasteiger charge is -2.10. The Morgan fingerprint density at radius 3 is 2.70 bits per heavy atom. The van der Waals surface area contributed by atoms with Crippen LogP contribution in [-0.4, -0.2) is 6.61 Å². The Morgan fingerprint density at radius 2 is 2.05 bits per heavy atom. The van der Waals surface area contributed by atoms with Crippen molar-refractivity contribution in [3.05, 3.63) is 57.3 Å². The molecule has 0 saturated carbocycles. The zero-order valence-corrected chi connectivity index (χ0v) is 13.3. The number of halogens is 3. The monoisotopic (exact) mass is 357 g/mol. The minimum Gasteiger partial charge on any atom is -0.492 e. The maximum absolute atomic E-state index is 13.7. The third-order valence-electron chi connectivity index (χ3n) is 2.73. The molecule has 0 fully saturated rings. The molecule has 20 heavy (non-hydrogen) atoms. The third-order valence-corrected chi connectivity index (χ3v) is 3.52. The highest BCUT2D eigenvalue weighted by atomic mass is 79.9. The van der Waals surface area contributed by atoms with Crippen molar-refractivity contribution in [1.82, 2.24) is 0 Å². The molecule has 0 radical (unpaired) electrons. The molecule has 0 aromatic heterocycles. The van der Waals surface area contributed by atoms with E-state index in [1.807, 2.05) is 19.1 Å². The maximum Gasteiger partial charge on any atom is 0.138 e. The topological polar surface area (TPSA) is 21.3 Å². The van der Waals surface area contributed by atoms with E-state index in [1.165, 1.54) is 6.07 Å². The zero-order chi connectivity index (χ0) is 14.5. The predicted octanol–water partition coefficient (Wildman–Crippen LogP) is 5.25. The molecule has 106 valence electrons. The molecule has 2 aromatic rings. The van der Waals surface area contributed by atoms with Gasteiger partial charge in [-0.25, -0.2) is 4.39 Å². The summed E-state index contributed by atoms with van der Waals surface area (Å²) in [7, 11) is 0. The molecule has 2 nitrogen and oxygen atoms in total. The van der Waals surface area contributed by atoms with Gasteiger partial charge in [-0.05, 0) is 37.3 Å². The lowest BCUT2D eigenvalue weighted by Crippen LogP contribution is -2.02. The van der Waals surface area contributed by atoms with Gasteiger partial charge >= 0.3 is 0 Å². The fourth-order valence-electron chi connectivity index (χ4n) is 1.75. The average Bonchev–Trinajstić information content (AvgIpc) is 2.41. The van der Waals surface area contributed by atoms with Crippen LogP contribution < -0.4 is 10.1 Å². The third kappa shape index (κ3) is 3.87. The summed E-state index contributed by atoms with van der Waals surface area (Å²) in [6.45, 7) is 2.86. The van der Waals surface area contributed by atoms with E-state index in [9.17, 15) is 4.39 Å². The largest absolute Gasteiger partial charge is 0.492 e. The molecule has 1 N–H and O–H groups in total. The molecule has 0 bridgehead atoms. The van der Waals surface area contributed by atoms with Crippen molar-refractivity contribution >= 4 is 33.2 Å². The number of nitrogens with one attached hydrogen (secondary N) is 1. The van der Waals surface area contributed by atoms with Gasteiger partial charge in [0.05, 0.1) is 11.6 Å². The van der Waals surface area contributed by atoms with Crippen LogP contribution in [0.1, 0.15) is 12.5 Å². The van der Waals surface area contributed by atoms with Gasteiger partial charge < -0.3 is 10.1 Å². The summed E-state index contributed by atoms with van der Waals surface area (Å²) >= 11 is 9.33. The number of hydrogen-bond donors (Lipinski definition) is 1. The van der Waals surface area contributed by atoms with Gasteiger partial charge in [0.15, 0.2) is 0 Å². The lowest BCUT2D eigenvalue weighted by molar-refractivity contribution is 0.340. The van der Waals surface area contributed by atoms with E-state index in [4.69, 9.17) is 16.3 Å². The summed E-state index contributed by atoms with van der Waals surface area (Å²) in [4.78, 5) is 0. The summed E-state index contributed by atoms with van der Waals surface area (Å²) < 4.78 is 19.8. The SMILES string of the molecule is CCOc1ccc(NCc2ccc(Br)cc2F)cc1Cl. The molecule has 0 heterocycles. The molecule has 0 amide bonds. The minimum absolute atomic E-state index is 0.246. The second kappa shape index (κ2) is 6.95. The molecule has 0 saturated heterocycles. The van der Waals surface area contributed by atoms with Crippen LogP contribution in [0.5, 0.6) is 5.75 Å². The summed E-state index contributed by atoms with van der Waals surface area (Å²) in [6.07, 6.45) is 0. The van der Waals surface area contributed by atoms with Crippen LogP contribution in [0.3, 0.4) is 0 Å². The fraction of sp³-hybridized carbons (Fsp3) is 0.200. The summed E-state index contributed by atoms with van der Waals surface area (Å²) in [6, 6.07) is 10.4. The van der Waals surface area contributed by atoms with Crippen LogP contribution >= 0.6 is 27.5 Å². The number of ether oxygens (including phenoxy) is 1. The van der Waals surface area contributed by atoms with Crippen LogP contribution in [0.4, 0.5) is 10.1 Å². The van der Waals surface area contributed by atoms with E-state index >= 15 is 0 Å². The standard InChI is InChI=1S/C15H14BrClFNO/c1-2-20-15-6-5-12(8-13(15)17)19-9-10-3-4-11(16)7-14(10)18/h3-8,19H,2,9H2,1H3. The summed E-state index contributed by atoms with van der Waals surface area (Å²) in [5.41, 5.74) is 1.42. The van der Waals surface area contributed by atoms with Crippen LogP contribution in [0.25, 0.3) is 0 Å². The van der Waals surface area contributed by atoms with Crippen molar-refractivity contribution in [2.45, 2.75) is 13.5 Å². The van der Waals surface area contributed by atoms with Gasteiger partial charge in [0, 0.05) is 22.3 Å². The quantitative estimate of drug-likeness (QED) is 0.788. The minimum atomic E-state index is -0.246. The second-order valence-electron chi connectivity index (χ2n) is 4.17. The normalized spacial score (nSPS) is 10.4. The molecule has 2 rings (SSSR count). The Hall–Kier alpha value is -1.26. The molecular weight excluding hydrogens is 345 g/mol. The van der Waals surface area contributed by atoms with Crippen LogP contribution in [-0.2, 0) is 6.54 Å². The molecule has 0 aliphatic rings. The average molecular weight is 359 g/mol. The van der Waals surface area contributed by atoms with Crippen molar-refractivity contribution in [3.8, 4) is 5.75 Å². The predicted molar refractivity (Wildman–Crippen MR) is 84.0 cm³/mol. The van der Waals surface area contributed by atoms with Gasteiger partial charge in [-0.1, -0.05) is 33.6 Å². The molecule has 5 heteroatoms. The van der Waals surface area contributed by atoms with Crippen LogP contribution in [0.2, 0.25) is 5.02 Å². The van der Waals surface area contributed by atoms with Gasteiger partial charge in [0.1, 0.15) is 11.6 Å². The molecule has 2 aromatic carbocycles. The van der Waals surface area contributed by atoms with E-state index in [2.05, 4.69) is 21.2 Å². The number of benzene rings is 2. The molecule has 0 aliphatic heterocycles. The fourth-order valence-corrected chi connectivity index (χ4v) is 2.31. The van der Waals surface area contributed by atoms with Gasteiger partial charge in [-0.3, -0.25) is 0 Å². The lowest BCUT2D eigenvalue weighted by atomic mass is 10.2. The van der Waals surface area contributed by atoms with E-state index in [-0.39, 0.29) is 5.82 Å². The van der Waals surface area contributed by atoms with Gasteiger partial charge in [-0.15, -0.1) is 0 Å².